The van der Waals surface area contributed by atoms with Crippen LogP contribution in [0.1, 0.15) is 37.9 Å². The van der Waals surface area contributed by atoms with Crippen LogP contribution in [0.2, 0.25) is 5.02 Å². The maximum absolute atomic E-state index is 12.6. The standard InChI is InChI=1S/C21H22ClN5O3/c1-11(2)9-27-18-14(10-30-21(27)29)8-23-20(26-18)24-12(3)16-7-13-6-15(22)4-5-17(13)25-19(16)28/h4-8,11-12H,9-10H2,1-3H3,(H,25,28)(H,23,24,26)/t12-/m1/s1. The van der Waals surface area contributed by atoms with Crippen molar-refractivity contribution in [2.24, 2.45) is 5.92 Å². The lowest BCUT2D eigenvalue weighted by Crippen LogP contribution is -2.39. The Bertz CT molecular complexity index is 1180. The van der Waals surface area contributed by atoms with Gasteiger partial charge in [0.1, 0.15) is 12.4 Å². The molecule has 0 spiro atoms. The molecule has 1 atom stereocenters. The third kappa shape index (κ3) is 3.95. The molecule has 3 aromatic rings. The molecule has 1 aliphatic rings. The number of hydrogen-bond donors (Lipinski definition) is 2. The highest BCUT2D eigenvalue weighted by Gasteiger charge is 2.28. The molecule has 1 aliphatic heterocycles. The van der Waals surface area contributed by atoms with E-state index >= 15 is 0 Å². The van der Waals surface area contributed by atoms with Gasteiger partial charge in [-0.2, -0.15) is 4.98 Å². The highest BCUT2D eigenvalue weighted by molar-refractivity contribution is 6.31. The van der Waals surface area contributed by atoms with E-state index in [-0.39, 0.29) is 24.1 Å². The topological polar surface area (TPSA) is 100 Å². The summed E-state index contributed by atoms with van der Waals surface area (Å²) in [7, 11) is 0. The highest BCUT2D eigenvalue weighted by Crippen LogP contribution is 2.27. The fraction of sp³-hybridized carbons (Fsp3) is 0.333. The first kappa shape index (κ1) is 20.2. The van der Waals surface area contributed by atoms with E-state index in [0.29, 0.717) is 34.4 Å². The molecule has 1 amide bonds. The summed E-state index contributed by atoms with van der Waals surface area (Å²) >= 11 is 6.08. The molecule has 156 valence electrons. The van der Waals surface area contributed by atoms with Gasteiger partial charge in [0.25, 0.3) is 5.56 Å². The Labute approximate surface area is 178 Å². The second-order valence-corrected chi connectivity index (χ2v) is 8.19. The third-order valence-electron chi connectivity index (χ3n) is 4.86. The van der Waals surface area contributed by atoms with Crippen molar-refractivity contribution in [3.8, 4) is 0 Å². The largest absolute Gasteiger partial charge is 0.444 e. The van der Waals surface area contributed by atoms with Gasteiger partial charge in [0.15, 0.2) is 0 Å². The molecule has 30 heavy (non-hydrogen) atoms. The molecule has 0 aliphatic carbocycles. The fourth-order valence-electron chi connectivity index (χ4n) is 3.42. The van der Waals surface area contributed by atoms with Crippen molar-refractivity contribution in [3.63, 3.8) is 0 Å². The van der Waals surface area contributed by atoms with Gasteiger partial charge in [-0.3, -0.25) is 9.69 Å². The zero-order chi connectivity index (χ0) is 21.4. The van der Waals surface area contributed by atoms with Crippen molar-refractivity contribution in [3.05, 3.63) is 57.0 Å². The average Bonchev–Trinajstić information content (AvgIpc) is 2.69. The van der Waals surface area contributed by atoms with Crippen molar-refractivity contribution in [2.45, 2.75) is 33.4 Å². The quantitative estimate of drug-likeness (QED) is 0.631. The van der Waals surface area contributed by atoms with Crippen LogP contribution in [0.5, 0.6) is 0 Å². The number of H-pyrrole nitrogens is 1. The minimum Gasteiger partial charge on any atom is -0.444 e. The predicted octanol–water partition coefficient (Wildman–Crippen LogP) is 4.26. The molecule has 4 rings (SSSR count). The fourth-order valence-corrected chi connectivity index (χ4v) is 3.60. The van der Waals surface area contributed by atoms with Crippen molar-refractivity contribution < 1.29 is 9.53 Å². The highest BCUT2D eigenvalue weighted by atomic mass is 35.5. The van der Waals surface area contributed by atoms with E-state index in [1.807, 2.05) is 20.8 Å². The second-order valence-electron chi connectivity index (χ2n) is 7.75. The number of halogens is 1. The first-order valence-corrected chi connectivity index (χ1v) is 10.1. The van der Waals surface area contributed by atoms with E-state index in [1.54, 1.807) is 30.5 Å². The predicted molar refractivity (Wildman–Crippen MR) is 116 cm³/mol. The smallest absolute Gasteiger partial charge is 0.415 e. The molecule has 2 N–H and O–H groups in total. The lowest BCUT2D eigenvalue weighted by molar-refractivity contribution is 0.140. The first-order chi connectivity index (χ1) is 14.3. The van der Waals surface area contributed by atoms with Gasteiger partial charge in [0.05, 0.1) is 11.6 Å². The molecule has 0 saturated carbocycles. The summed E-state index contributed by atoms with van der Waals surface area (Å²) < 4.78 is 5.20. The van der Waals surface area contributed by atoms with E-state index in [0.717, 1.165) is 10.9 Å². The zero-order valence-electron chi connectivity index (χ0n) is 16.9. The number of cyclic esters (lactones) is 1. The Morgan fingerprint density at radius 1 is 1.27 bits per heavy atom. The number of aromatic nitrogens is 3. The van der Waals surface area contributed by atoms with Crippen LogP contribution in [0.3, 0.4) is 0 Å². The lowest BCUT2D eigenvalue weighted by atomic mass is 10.1. The Hall–Kier alpha value is -3.13. The number of nitrogens with zero attached hydrogens (tertiary/aromatic N) is 3. The summed E-state index contributed by atoms with van der Waals surface area (Å²) in [6.45, 7) is 6.51. The van der Waals surface area contributed by atoms with Crippen LogP contribution in [-0.4, -0.2) is 27.6 Å². The molecule has 0 bridgehead atoms. The summed E-state index contributed by atoms with van der Waals surface area (Å²) in [5, 5.41) is 4.59. The number of fused-ring (bicyclic) bond motifs is 2. The molecule has 9 heteroatoms. The summed E-state index contributed by atoms with van der Waals surface area (Å²) in [5.41, 5.74) is 1.79. The summed E-state index contributed by atoms with van der Waals surface area (Å²) in [5.74, 6) is 1.11. The minimum absolute atomic E-state index is 0.143. The number of benzene rings is 1. The van der Waals surface area contributed by atoms with Gasteiger partial charge in [-0.05, 0) is 37.1 Å². The van der Waals surface area contributed by atoms with E-state index in [4.69, 9.17) is 16.3 Å². The van der Waals surface area contributed by atoms with Crippen LogP contribution in [0.25, 0.3) is 10.9 Å². The molecule has 0 radical (unpaired) electrons. The first-order valence-electron chi connectivity index (χ1n) is 9.71. The van der Waals surface area contributed by atoms with Crippen LogP contribution in [0.15, 0.2) is 35.3 Å². The number of aromatic amines is 1. The van der Waals surface area contributed by atoms with Crippen LogP contribution < -0.4 is 15.8 Å². The number of anilines is 2. The molecular formula is C21H22ClN5O3. The van der Waals surface area contributed by atoms with E-state index in [9.17, 15) is 9.59 Å². The van der Waals surface area contributed by atoms with Crippen molar-refractivity contribution in [1.82, 2.24) is 15.0 Å². The van der Waals surface area contributed by atoms with Crippen LogP contribution in [0.4, 0.5) is 16.6 Å². The number of rotatable bonds is 5. The number of amides is 1. The van der Waals surface area contributed by atoms with Crippen molar-refractivity contribution in [2.75, 3.05) is 16.8 Å². The van der Waals surface area contributed by atoms with E-state index < -0.39 is 6.09 Å². The summed E-state index contributed by atoms with van der Waals surface area (Å²) in [6.07, 6.45) is 1.22. The zero-order valence-corrected chi connectivity index (χ0v) is 17.7. The molecule has 1 aromatic carbocycles. The van der Waals surface area contributed by atoms with Gasteiger partial charge in [-0.1, -0.05) is 25.4 Å². The number of carbonyl (C=O) groups excluding carboxylic acids is 1. The van der Waals surface area contributed by atoms with E-state index in [2.05, 4.69) is 20.3 Å². The van der Waals surface area contributed by atoms with Crippen molar-refractivity contribution >= 4 is 40.4 Å². The van der Waals surface area contributed by atoms with Gasteiger partial charge in [0, 0.05) is 34.2 Å². The maximum atomic E-state index is 12.6. The molecule has 0 saturated heterocycles. The van der Waals surface area contributed by atoms with Gasteiger partial charge in [-0.25, -0.2) is 9.78 Å². The van der Waals surface area contributed by atoms with Gasteiger partial charge >= 0.3 is 6.09 Å². The molecular weight excluding hydrogens is 406 g/mol. The monoisotopic (exact) mass is 427 g/mol. The Morgan fingerprint density at radius 2 is 2.07 bits per heavy atom. The number of hydrogen-bond acceptors (Lipinski definition) is 6. The Morgan fingerprint density at radius 3 is 2.83 bits per heavy atom. The summed E-state index contributed by atoms with van der Waals surface area (Å²) in [4.78, 5) is 38.0. The number of nitrogens with one attached hydrogen (secondary N) is 2. The molecule has 8 nitrogen and oxygen atoms in total. The lowest BCUT2D eigenvalue weighted by Gasteiger charge is -2.29. The van der Waals surface area contributed by atoms with Gasteiger partial charge in [0.2, 0.25) is 5.95 Å². The van der Waals surface area contributed by atoms with Gasteiger partial charge in [-0.15, -0.1) is 0 Å². The summed E-state index contributed by atoms with van der Waals surface area (Å²) in [6, 6.07) is 6.74. The SMILES string of the molecule is CC(C)CN1C(=O)OCc2cnc(N[C@H](C)c3cc4cc(Cl)ccc4[nH]c3=O)nc21. The third-order valence-corrected chi connectivity index (χ3v) is 5.10. The second kappa shape index (κ2) is 7.95. The molecule has 3 heterocycles. The normalized spacial score (nSPS) is 14.6. The molecule has 0 fully saturated rings. The average molecular weight is 428 g/mol. The van der Waals surface area contributed by atoms with E-state index in [1.165, 1.54) is 4.90 Å². The number of carbonyl (C=O) groups is 1. The minimum atomic E-state index is -0.420. The molecule has 0 unspecified atom stereocenters. The Balaban J connectivity index is 1.64. The number of ether oxygens (including phenoxy) is 1. The van der Waals surface area contributed by atoms with Crippen LogP contribution in [0, 0.1) is 5.92 Å². The number of pyridine rings is 1. The maximum Gasteiger partial charge on any atom is 0.415 e. The Kier molecular flexibility index (Phi) is 5.34. The molecule has 2 aromatic heterocycles. The van der Waals surface area contributed by atoms with Gasteiger partial charge < -0.3 is 15.0 Å². The van der Waals surface area contributed by atoms with Crippen molar-refractivity contribution in [1.29, 1.82) is 0 Å². The van der Waals surface area contributed by atoms with Crippen LogP contribution >= 0.6 is 11.6 Å². The van der Waals surface area contributed by atoms with Crippen LogP contribution in [-0.2, 0) is 11.3 Å².